The molecule has 1 N–H and O–H groups in total. The van der Waals surface area contributed by atoms with Gasteiger partial charge in [0.25, 0.3) is 0 Å². The van der Waals surface area contributed by atoms with Crippen molar-refractivity contribution in [1.29, 1.82) is 0 Å². The second-order valence-corrected chi connectivity index (χ2v) is 3.63. The summed E-state index contributed by atoms with van der Waals surface area (Å²) < 4.78 is 0. The van der Waals surface area contributed by atoms with Gasteiger partial charge in [-0.2, -0.15) is 0 Å². The zero-order valence-electron chi connectivity index (χ0n) is 10.8. The third-order valence-corrected chi connectivity index (χ3v) is 1.92. The highest BCUT2D eigenvalue weighted by Crippen LogP contribution is 2.01. The van der Waals surface area contributed by atoms with Gasteiger partial charge in [-0.05, 0) is 26.2 Å². The van der Waals surface area contributed by atoms with E-state index < -0.39 is 5.97 Å². The Hall–Kier alpha value is -1.31. The van der Waals surface area contributed by atoms with Gasteiger partial charge in [0.05, 0.1) is 6.42 Å². The van der Waals surface area contributed by atoms with E-state index >= 15 is 0 Å². The van der Waals surface area contributed by atoms with Crippen molar-refractivity contribution in [2.75, 3.05) is 0 Å². The lowest BCUT2D eigenvalue weighted by molar-refractivity contribution is -0.136. The Morgan fingerprint density at radius 2 is 1.94 bits per heavy atom. The quantitative estimate of drug-likeness (QED) is 0.681. The highest BCUT2D eigenvalue weighted by molar-refractivity contribution is 5.69. The van der Waals surface area contributed by atoms with Crippen molar-refractivity contribution in [3.05, 3.63) is 36.5 Å². The Kier molecular flexibility index (Phi) is 12.6. The van der Waals surface area contributed by atoms with Crippen molar-refractivity contribution in [1.82, 2.24) is 0 Å². The van der Waals surface area contributed by atoms with E-state index in [1.165, 1.54) is 5.57 Å². The molecule has 0 rings (SSSR count). The van der Waals surface area contributed by atoms with Crippen LogP contribution in [0.25, 0.3) is 0 Å². The Labute approximate surface area is 99.4 Å². The first kappa shape index (κ1) is 17.1. The van der Waals surface area contributed by atoms with Gasteiger partial charge in [0, 0.05) is 0 Å². The minimum atomic E-state index is -0.753. The van der Waals surface area contributed by atoms with E-state index in [-0.39, 0.29) is 6.42 Å². The van der Waals surface area contributed by atoms with Crippen molar-refractivity contribution >= 4 is 5.97 Å². The second kappa shape index (κ2) is 11.8. The molecule has 0 amide bonds. The van der Waals surface area contributed by atoms with Crippen LogP contribution in [0.1, 0.15) is 46.5 Å². The van der Waals surface area contributed by atoms with Gasteiger partial charge >= 0.3 is 5.97 Å². The molecule has 0 fully saturated rings. The number of hydrogen-bond donors (Lipinski definition) is 1. The van der Waals surface area contributed by atoms with Crippen LogP contribution in [0.5, 0.6) is 0 Å². The third-order valence-electron chi connectivity index (χ3n) is 1.92. The number of allylic oxidation sites excluding steroid dienone is 3. The van der Waals surface area contributed by atoms with Crippen LogP contribution in [0, 0.1) is 0 Å². The predicted octanol–water partition coefficient (Wildman–Crippen LogP) is 4.35. The summed E-state index contributed by atoms with van der Waals surface area (Å²) in [5.41, 5.74) is 2.19. The number of carboxylic acids is 1. The van der Waals surface area contributed by atoms with Gasteiger partial charge < -0.3 is 5.11 Å². The average Bonchev–Trinajstić information content (AvgIpc) is 2.18. The zero-order chi connectivity index (χ0) is 13.0. The first-order chi connectivity index (χ1) is 7.47. The summed E-state index contributed by atoms with van der Waals surface area (Å²) in [5, 5.41) is 8.27. The molecule has 0 bridgehead atoms. The first-order valence-corrected chi connectivity index (χ1v) is 5.62. The fourth-order valence-corrected chi connectivity index (χ4v) is 1.01. The Morgan fingerprint density at radius 1 is 1.38 bits per heavy atom. The average molecular weight is 224 g/mol. The fourth-order valence-electron chi connectivity index (χ4n) is 1.01. The van der Waals surface area contributed by atoms with E-state index in [0.29, 0.717) is 0 Å². The molecular weight excluding hydrogens is 200 g/mol. The van der Waals surface area contributed by atoms with Gasteiger partial charge in [-0.3, -0.25) is 4.79 Å². The van der Waals surface area contributed by atoms with Crippen LogP contribution in [-0.2, 0) is 4.79 Å². The van der Waals surface area contributed by atoms with Gasteiger partial charge in [-0.1, -0.05) is 43.7 Å². The lowest BCUT2D eigenvalue weighted by atomic mass is 10.2. The monoisotopic (exact) mass is 224 g/mol. The van der Waals surface area contributed by atoms with E-state index in [1.807, 2.05) is 26.0 Å². The summed E-state index contributed by atoms with van der Waals surface area (Å²) >= 11 is 0. The van der Waals surface area contributed by atoms with Crippen LogP contribution in [0.3, 0.4) is 0 Å². The summed E-state index contributed by atoms with van der Waals surface area (Å²) in [7, 11) is 0. The molecule has 0 aliphatic heterocycles. The van der Waals surface area contributed by atoms with Gasteiger partial charge in [0.2, 0.25) is 0 Å². The molecule has 92 valence electrons. The van der Waals surface area contributed by atoms with Crippen molar-refractivity contribution < 1.29 is 9.90 Å². The molecule has 0 radical (unpaired) electrons. The van der Waals surface area contributed by atoms with Crippen LogP contribution in [0.15, 0.2) is 36.5 Å². The maximum atomic E-state index is 10.0. The maximum absolute atomic E-state index is 10.0. The standard InChI is InChI=1S/C7H12O2.C7H12/c1-3-4-6(2)5-7(8)9;1-4-6-7(3)5-2/h4H,3,5H2,1-2H3,(H,8,9);4H,1,3,5-6H2,2H3/b6-4+;. The topological polar surface area (TPSA) is 37.3 Å². The Bertz CT molecular complexity index is 249. The van der Waals surface area contributed by atoms with Crippen LogP contribution >= 0.6 is 0 Å². The maximum Gasteiger partial charge on any atom is 0.307 e. The first-order valence-electron chi connectivity index (χ1n) is 5.62. The summed E-state index contributed by atoms with van der Waals surface area (Å²) in [6, 6.07) is 0. The number of carbonyl (C=O) groups is 1. The number of aliphatic carboxylic acids is 1. The predicted molar refractivity (Wildman–Crippen MR) is 70.5 cm³/mol. The highest BCUT2D eigenvalue weighted by atomic mass is 16.4. The van der Waals surface area contributed by atoms with E-state index in [4.69, 9.17) is 5.11 Å². The zero-order valence-corrected chi connectivity index (χ0v) is 10.8. The summed E-state index contributed by atoms with van der Waals surface area (Å²) in [4.78, 5) is 10.0. The molecule has 0 aliphatic carbocycles. The van der Waals surface area contributed by atoms with E-state index in [1.54, 1.807) is 0 Å². The van der Waals surface area contributed by atoms with Gasteiger partial charge in [-0.25, -0.2) is 0 Å². The van der Waals surface area contributed by atoms with Crippen molar-refractivity contribution in [2.45, 2.75) is 46.5 Å². The minimum absolute atomic E-state index is 0.174. The van der Waals surface area contributed by atoms with E-state index in [0.717, 1.165) is 24.8 Å². The van der Waals surface area contributed by atoms with E-state index in [2.05, 4.69) is 20.1 Å². The van der Waals surface area contributed by atoms with Crippen molar-refractivity contribution in [3.63, 3.8) is 0 Å². The molecule has 0 aromatic rings. The third kappa shape index (κ3) is 15.2. The smallest absolute Gasteiger partial charge is 0.307 e. The lowest BCUT2D eigenvalue weighted by Crippen LogP contribution is -1.94. The van der Waals surface area contributed by atoms with Gasteiger partial charge in [0.1, 0.15) is 0 Å². The number of carboxylic acid groups (broad SMARTS) is 1. The Balaban J connectivity index is 0. The second-order valence-electron chi connectivity index (χ2n) is 3.63. The molecule has 0 saturated carbocycles. The normalized spacial score (nSPS) is 10.1. The van der Waals surface area contributed by atoms with Crippen molar-refractivity contribution in [2.24, 2.45) is 0 Å². The largest absolute Gasteiger partial charge is 0.481 e. The number of rotatable bonds is 6. The van der Waals surface area contributed by atoms with Gasteiger partial charge in [0.15, 0.2) is 0 Å². The molecule has 0 spiro atoms. The summed E-state index contributed by atoms with van der Waals surface area (Å²) in [6.45, 7) is 13.3. The molecule has 0 saturated heterocycles. The van der Waals surface area contributed by atoms with E-state index in [9.17, 15) is 4.79 Å². The molecule has 2 heteroatoms. The highest BCUT2D eigenvalue weighted by Gasteiger charge is 1.95. The molecule has 0 heterocycles. The van der Waals surface area contributed by atoms with Crippen LogP contribution in [0.2, 0.25) is 0 Å². The minimum Gasteiger partial charge on any atom is -0.481 e. The molecule has 16 heavy (non-hydrogen) atoms. The number of hydrogen-bond acceptors (Lipinski definition) is 1. The van der Waals surface area contributed by atoms with Gasteiger partial charge in [-0.15, -0.1) is 6.58 Å². The van der Waals surface area contributed by atoms with Crippen LogP contribution in [-0.4, -0.2) is 11.1 Å². The molecule has 0 aromatic carbocycles. The van der Waals surface area contributed by atoms with Crippen LogP contribution in [0.4, 0.5) is 0 Å². The molecule has 2 nitrogen and oxygen atoms in total. The molecular formula is C14H24O2. The fraction of sp³-hybridized carbons (Fsp3) is 0.500. The molecule has 0 aromatic heterocycles. The molecule has 0 aliphatic rings. The van der Waals surface area contributed by atoms with Crippen molar-refractivity contribution in [3.8, 4) is 0 Å². The summed E-state index contributed by atoms with van der Waals surface area (Å²) in [6.07, 6.45) is 6.94. The Morgan fingerprint density at radius 3 is 2.19 bits per heavy atom. The lowest BCUT2D eigenvalue weighted by Gasteiger charge is -1.92. The summed E-state index contributed by atoms with van der Waals surface area (Å²) in [5.74, 6) is -0.753. The SMILES string of the molecule is C=CCC(=C)CC.CC/C=C(\C)CC(=O)O. The molecule has 0 atom stereocenters. The van der Waals surface area contributed by atoms with Crippen LogP contribution < -0.4 is 0 Å². The molecule has 0 unspecified atom stereocenters.